The molecule has 0 spiro atoms. The third-order valence-electron chi connectivity index (χ3n) is 2.54. The van der Waals surface area contributed by atoms with Crippen LogP contribution in [0.2, 0.25) is 0 Å². The molecule has 0 fully saturated rings. The Kier molecular flexibility index (Phi) is 5.12. The van der Waals surface area contributed by atoms with Gasteiger partial charge in [0.2, 0.25) is 0 Å². The fourth-order valence-corrected chi connectivity index (χ4v) is 1.49. The molecular formula is C12H12F2O6. The van der Waals surface area contributed by atoms with Gasteiger partial charge in [0.1, 0.15) is 23.3 Å². The van der Waals surface area contributed by atoms with Crippen molar-refractivity contribution in [2.45, 2.75) is 12.2 Å². The Morgan fingerprint density at radius 3 is 2.00 bits per heavy atom. The van der Waals surface area contributed by atoms with Crippen LogP contribution in [0.15, 0.2) is 12.1 Å². The molecule has 0 heterocycles. The van der Waals surface area contributed by atoms with Crippen molar-refractivity contribution >= 4 is 11.9 Å². The molecule has 0 bridgehead atoms. The zero-order valence-corrected chi connectivity index (χ0v) is 10.6. The van der Waals surface area contributed by atoms with E-state index in [4.69, 9.17) is 0 Å². The van der Waals surface area contributed by atoms with Gasteiger partial charge < -0.3 is 19.7 Å². The van der Waals surface area contributed by atoms with E-state index in [0.717, 1.165) is 14.2 Å². The fraction of sp³-hybridized carbons (Fsp3) is 0.333. The molecule has 0 aliphatic carbocycles. The lowest BCUT2D eigenvalue weighted by atomic mass is 10.0. The minimum Gasteiger partial charge on any atom is -0.467 e. The van der Waals surface area contributed by atoms with Crippen LogP contribution in [0, 0.1) is 11.6 Å². The first-order valence-electron chi connectivity index (χ1n) is 5.34. The number of ether oxygens (including phenoxy) is 2. The summed E-state index contributed by atoms with van der Waals surface area (Å²) in [5.74, 6) is -4.98. The number of esters is 2. The van der Waals surface area contributed by atoms with Crippen LogP contribution in [-0.2, 0) is 14.3 Å². The van der Waals surface area contributed by atoms with E-state index in [-0.39, 0.29) is 0 Å². The zero-order valence-electron chi connectivity index (χ0n) is 10.6. The third-order valence-corrected chi connectivity index (χ3v) is 2.54. The summed E-state index contributed by atoms with van der Waals surface area (Å²) in [6, 6.07) is 1.23. The molecule has 2 atom stereocenters. The van der Waals surface area contributed by atoms with Gasteiger partial charge in [0.25, 0.3) is 0 Å². The van der Waals surface area contributed by atoms with Crippen molar-refractivity contribution in [3.63, 3.8) is 0 Å². The predicted octanol–water partition coefficient (Wildman–Crippen LogP) is 0.319. The van der Waals surface area contributed by atoms with E-state index >= 15 is 0 Å². The zero-order chi connectivity index (χ0) is 15.4. The third kappa shape index (κ3) is 3.09. The maximum absolute atomic E-state index is 13.6. The molecule has 0 aromatic heterocycles. The molecule has 20 heavy (non-hydrogen) atoms. The monoisotopic (exact) mass is 290 g/mol. The van der Waals surface area contributed by atoms with E-state index in [1.165, 1.54) is 0 Å². The highest BCUT2D eigenvalue weighted by molar-refractivity contribution is 5.90. The second kappa shape index (κ2) is 6.40. The molecule has 0 aliphatic rings. The van der Waals surface area contributed by atoms with Crippen molar-refractivity contribution in [1.82, 2.24) is 0 Å². The Labute approximate surface area is 112 Å². The smallest absolute Gasteiger partial charge is 0.343 e. The van der Waals surface area contributed by atoms with Gasteiger partial charge in [0.15, 0.2) is 6.10 Å². The van der Waals surface area contributed by atoms with E-state index in [1.54, 1.807) is 0 Å². The van der Waals surface area contributed by atoms with E-state index in [1.807, 2.05) is 0 Å². The van der Waals surface area contributed by atoms with Crippen molar-refractivity contribution in [1.29, 1.82) is 0 Å². The maximum atomic E-state index is 13.6. The molecule has 0 radical (unpaired) electrons. The molecule has 2 N–H and O–H groups in total. The highest BCUT2D eigenvalue weighted by Gasteiger charge is 2.29. The van der Waals surface area contributed by atoms with Gasteiger partial charge in [0, 0.05) is 0 Å². The van der Waals surface area contributed by atoms with Crippen LogP contribution in [0.4, 0.5) is 8.78 Å². The van der Waals surface area contributed by atoms with E-state index in [0.29, 0.717) is 12.1 Å². The topological polar surface area (TPSA) is 93.1 Å². The number of aliphatic hydroxyl groups is 2. The van der Waals surface area contributed by atoms with Crippen LogP contribution in [0.3, 0.4) is 0 Å². The van der Waals surface area contributed by atoms with Gasteiger partial charge >= 0.3 is 11.9 Å². The minimum atomic E-state index is -2.01. The average Bonchev–Trinajstić information content (AvgIpc) is 2.43. The summed E-state index contributed by atoms with van der Waals surface area (Å²) in [5, 5.41) is 19.0. The van der Waals surface area contributed by atoms with Crippen molar-refractivity contribution in [2.24, 2.45) is 0 Å². The number of methoxy groups -OCH3 is 2. The number of carbonyl (C=O) groups excluding carboxylic acids is 2. The molecule has 110 valence electrons. The Morgan fingerprint density at radius 1 is 1.10 bits per heavy atom. The van der Waals surface area contributed by atoms with Gasteiger partial charge in [-0.2, -0.15) is 0 Å². The lowest BCUT2D eigenvalue weighted by Crippen LogP contribution is -2.29. The fourth-order valence-electron chi connectivity index (χ4n) is 1.49. The first-order valence-corrected chi connectivity index (χ1v) is 5.34. The quantitative estimate of drug-likeness (QED) is 0.776. The van der Waals surface area contributed by atoms with Crippen molar-refractivity contribution < 1.29 is 38.1 Å². The Balaban J connectivity index is 3.17. The molecule has 6 nitrogen and oxygen atoms in total. The summed E-state index contributed by atoms with van der Waals surface area (Å²) < 4.78 is 35.6. The van der Waals surface area contributed by atoms with Crippen LogP contribution in [-0.4, -0.2) is 42.5 Å². The number of hydrogen-bond acceptors (Lipinski definition) is 6. The second-order valence-electron chi connectivity index (χ2n) is 3.76. The van der Waals surface area contributed by atoms with Crippen molar-refractivity contribution in [2.75, 3.05) is 14.2 Å². The first-order chi connectivity index (χ1) is 9.33. The Hall–Kier alpha value is -2.06. The van der Waals surface area contributed by atoms with Crippen molar-refractivity contribution in [3.8, 4) is 0 Å². The Morgan fingerprint density at radius 2 is 1.60 bits per heavy atom. The van der Waals surface area contributed by atoms with Crippen LogP contribution >= 0.6 is 0 Å². The number of hydrogen-bond donors (Lipinski definition) is 2. The normalized spacial score (nSPS) is 13.5. The lowest BCUT2D eigenvalue weighted by molar-refractivity contribution is -0.156. The number of benzene rings is 1. The second-order valence-corrected chi connectivity index (χ2v) is 3.76. The highest BCUT2D eigenvalue weighted by atomic mass is 19.1. The standard InChI is InChI=1S/C12H12F2O6/c1-19-11(17)8-6(13)3-5(4-7(8)14)9(15)10(16)12(18)20-2/h3-4,9-10,15-16H,1-2H3. The molecule has 1 rings (SSSR count). The molecule has 0 amide bonds. The minimum absolute atomic E-state index is 0.425. The van der Waals surface area contributed by atoms with Gasteiger partial charge in [-0.15, -0.1) is 0 Å². The summed E-state index contributed by atoms with van der Waals surface area (Å²) in [6.45, 7) is 0. The number of carbonyl (C=O) groups is 2. The van der Waals surface area contributed by atoms with E-state index < -0.39 is 46.9 Å². The van der Waals surface area contributed by atoms with E-state index in [2.05, 4.69) is 9.47 Å². The van der Waals surface area contributed by atoms with Gasteiger partial charge in [0.05, 0.1) is 14.2 Å². The van der Waals surface area contributed by atoms with Gasteiger partial charge in [-0.05, 0) is 17.7 Å². The van der Waals surface area contributed by atoms with Crippen LogP contribution in [0.1, 0.15) is 22.0 Å². The molecule has 8 heteroatoms. The molecule has 2 unspecified atom stereocenters. The number of rotatable bonds is 4. The Bertz CT molecular complexity index is 508. The highest BCUT2D eigenvalue weighted by Crippen LogP contribution is 2.23. The number of halogens is 2. The molecule has 1 aromatic carbocycles. The van der Waals surface area contributed by atoms with Crippen LogP contribution in [0.5, 0.6) is 0 Å². The van der Waals surface area contributed by atoms with Crippen LogP contribution < -0.4 is 0 Å². The maximum Gasteiger partial charge on any atom is 0.343 e. The largest absolute Gasteiger partial charge is 0.467 e. The molecular weight excluding hydrogens is 278 g/mol. The predicted molar refractivity (Wildman–Crippen MR) is 60.7 cm³/mol. The lowest BCUT2D eigenvalue weighted by Gasteiger charge is -2.16. The summed E-state index contributed by atoms with van der Waals surface area (Å²) in [6.07, 6.45) is -3.92. The summed E-state index contributed by atoms with van der Waals surface area (Å²) in [5.41, 5.74) is -1.36. The summed E-state index contributed by atoms with van der Waals surface area (Å²) in [7, 11) is 1.92. The van der Waals surface area contributed by atoms with Crippen LogP contribution in [0.25, 0.3) is 0 Å². The molecule has 1 aromatic rings. The number of aliphatic hydroxyl groups excluding tert-OH is 2. The molecule has 0 saturated carbocycles. The van der Waals surface area contributed by atoms with Gasteiger partial charge in [-0.1, -0.05) is 0 Å². The molecule has 0 aliphatic heterocycles. The van der Waals surface area contributed by atoms with Crippen molar-refractivity contribution in [3.05, 3.63) is 34.9 Å². The summed E-state index contributed by atoms with van der Waals surface area (Å²) >= 11 is 0. The average molecular weight is 290 g/mol. The van der Waals surface area contributed by atoms with Gasteiger partial charge in [-0.3, -0.25) is 0 Å². The first kappa shape index (κ1) is 16.0. The van der Waals surface area contributed by atoms with Gasteiger partial charge in [-0.25, -0.2) is 18.4 Å². The molecule has 0 saturated heterocycles. The van der Waals surface area contributed by atoms with E-state index in [9.17, 15) is 28.6 Å². The SMILES string of the molecule is COC(=O)c1c(F)cc(C(O)C(O)C(=O)OC)cc1F. The summed E-state index contributed by atoms with van der Waals surface area (Å²) in [4.78, 5) is 22.2.